The molecule has 0 radical (unpaired) electrons. The number of aliphatic carboxylic acids is 1. The molecule has 0 bridgehead atoms. The highest BCUT2D eigenvalue weighted by Crippen LogP contribution is 2.28. The van der Waals surface area contributed by atoms with Crippen LogP contribution >= 0.6 is 0 Å². The topological polar surface area (TPSA) is 69.6 Å². The number of halogens is 3. The Balaban J connectivity index is 2.22. The molecule has 0 saturated carbocycles. The fraction of sp³-hybridized carbons (Fsp3) is 0.545. The molecule has 1 aliphatic heterocycles. The molecule has 1 aromatic rings. The van der Waals surface area contributed by atoms with Gasteiger partial charge >= 0.3 is 12.1 Å². The summed E-state index contributed by atoms with van der Waals surface area (Å²) >= 11 is 0. The molecule has 1 unspecified atom stereocenters. The van der Waals surface area contributed by atoms with Crippen molar-refractivity contribution in [1.82, 2.24) is 14.9 Å². The van der Waals surface area contributed by atoms with Crippen LogP contribution in [0.2, 0.25) is 0 Å². The molecule has 9 heteroatoms. The highest BCUT2D eigenvalue weighted by atomic mass is 19.4. The highest BCUT2D eigenvalue weighted by Gasteiger charge is 2.35. The monoisotopic (exact) mass is 290 g/mol. The second-order valence-electron chi connectivity index (χ2n) is 4.52. The van der Waals surface area contributed by atoms with Crippen molar-refractivity contribution in [3.8, 4) is 0 Å². The lowest BCUT2D eigenvalue weighted by Crippen LogP contribution is -2.55. The molecule has 2 rings (SSSR count). The van der Waals surface area contributed by atoms with E-state index in [1.807, 2.05) is 0 Å². The number of likely N-dealkylation sites (N-methyl/N-ethyl adjacent to an activating group) is 1. The van der Waals surface area contributed by atoms with Crippen molar-refractivity contribution >= 4 is 11.9 Å². The summed E-state index contributed by atoms with van der Waals surface area (Å²) in [5.74, 6) is -1.12. The van der Waals surface area contributed by atoms with E-state index in [0.29, 0.717) is 13.1 Å². The Morgan fingerprint density at radius 1 is 1.45 bits per heavy atom. The zero-order chi connectivity index (χ0) is 14.9. The van der Waals surface area contributed by atoms with Gasteiger partial charge in [0.25, 0.3) is 0 Å². The molecular formula is C11H13F3N4O2. The lowest BCUT2D eigenvalue weighted by Gasteiger charge is -2.37. The van der Waals surface area contributed by atoms with Gasteiger partial charge in [-0.05, 0) is 13.1 Å². The molecule has 20 heavy (non-hydrogen) atoms. The summed E-state index contributed by atoms with van der Waals surface area (Å²) in [6.07, 6.45) is -3.52. The first kappa shape index (κ1) is 14.5. The lowest BCUT2D eigenvalue weighted by molar-refractivity contribution is -0.143. The lowest BCUT2D eigenvalue weighted by atomic mass is 10.2. The predicted octanol–water partition coefficient (Wildman–Crippen LogP) is 0.700. The van der Waals surface area contributed by atoms with Crippen LogP contribution in [-0.4, -0.2) is 58.7 Å². The van der Waals surface area contributed by atoms with Gasteiger partial charge in [0.15, 0.2) is 0 Å². The maximum absolute atomic E-state index is 12.6. The van der Waals surface area contributed by atoms with Gasteiger partial charge in [0.05, 0.1) is 0 Å². The van der Waals surface area contributed by atoms with Crippen LogP contribution in [-0.2, 0) is 11.0 Å². The Labute approximate surface area is 112 Å². The number of anilines is 1. The Hall–Kier alpha value is -1.90. The summed E-state index contributed by atoms with van der Waals surface area (Å²) in [4.78, 5) is 21.4. The zero-order valence-electron chi connectivity index (χ0n) is 10.6. The molecule has 1 fully saturated rings. The van der Waals surface area contributed by atoms with Gasteiger partial charge in [-0.25, -0.2) is 9.97 Å². The first-order valence-electron chi connectivity index (χ1n) is 5.87. The number of alkyl halides is 3. The van der Waals surface area contributed by atoms with E-state index < -0.39 is 23.9 Å². The Morgan fingerprint density at radius 2 is 2.15 bits per heavy atom. The minimum absolute atomic E-state index is 0.0488. The number of piperazine rings is 1. The predicted molar refractivity (Wildman–Crippen MR) is 63.3 cm³/mol. The zero-order valence-corrected chi connectivity index (χ0v) is 10.6. The molecule has 0 amide bonds. The van der Waals surface area contributed by atoms with Crippen LogP contribution < -0.4 is 4.90 Å². The van der Waals surface area contributed by atoms with E-state index in [-0.39, 0.29) is 12.5 Å². The number of hydrogen-bond donors (Lipinski definition) is 1. The van der Waals surface area contributed by atoms with Crippen LogP contribution in [0.15, 0.2) is 12.3 Å². The average Bonchev–Trinajstić information content (AvgIpc) is 2.38. The molecule has 0 aromatic carbocycles. The minimum Gasteiger partial charge on any atom is -0.480 e. The van der Waals surface area contributed by atoms with Crippen molar-refractivity contribution in [2.45, 2.75) is 12.2 Å². The number of carboxylic acids is 1. The van der Waals surface area contributed by atoms with Crippen LogP contribution in [0.25, 0.3) is 0 Å². The largest absolute Gasteiger partial charge is 0.480 e. The molecule has 1 atom stereocenters. The van der Waals surface area contributed by atoms with E-state index in [1.165, 1.54) is 4.90 Å². The van der Waals surface area contributed by atoms with Gasteiger partial charge in [0.1, 0.15) is 11.7 Å². The fourth-order valence-electron chi connectivity index (χ4n) is 1.98. The van der Waals surface area contributed by atoms with Gasteiger partial charge < -0.3 is 10.0 Å². The molecule has 1 saturated heterocycles. The van der Waals surface area contributed by atoms with Crippen molar-refractivity contribution in [3.05, 3.63) is 18.0 Å². The fourth-order valence-corrected chi connectivity index (χ4v) is 1.98. The van der Waals surface area contributed by atoms with E-state index in [9.17, 15) is 18.0 Å². The molecule has 1 aromatic heterocycles. The standard InChI is InChI=1S/C11H13F3N4O2/c1-17-4-5-18(6-7(17)9(19)20)10-15-3-2-8(16-10)11(12,13)14/h2-3,7H,4-6H2,1H3,(H,19,20). The van der Waals surface area contributed by atoms with Crippen molar-refractivity contribution in [2.75, 3.05) is 31.6 Å². The summed E-state index contributed by atoms with van der Waals surface area (Å²) in [6.45, 7) is 0.839. The van der Waals surface area contributed by atoms with E-state index in [0.717, 1.165) is 12.3 Å². The van der Waals surface area contributed by atoms with Crippen molar-refractivity contribution in [3.63, 3.8) is 0 Å². The molecule has 2 heterocycles. The number of hydrogen-bond acceptors (Lipinski definition) is 5. The smallest absolute Gasteiger partial charge is 0.433 e. The first-order chi connectivity index (χ1) is 9.29. The normalized spacial score (nSPS) is 21.0. The summed E-state index contributed by atoms with van der Waals surface area (Å²) in [5.41, 5.74) is -1.03. The number of rotatable bonds is 2. The molecule has 0 spiro atoms. The summed E-state index contributed by atoms with van der Waals surface area (Å²) in [6, 6.07) is -0.00395. The second-order valence-corrected chi connectivity index (χ2v) is 4.52. The van der Waals surface area contributed by atoms with Crippen LogP contribution in [0, 0.1) is 0 Å². The number of carboxylic acid groups (broad SMARTS) is 1. The molecule has 6 nitrogen and oxygen atoms in total. The van der Waals surface area contributed by atoms with E-state index in [2.05, 4.69) is 9.97 Å². The third-order valence-corrected chi connectivity index (χ3v) is 3.15. The highest BCUT2D eigenvalue weighted by molar-refractivity contribution is 5.74. The minimum atomic E-state index is -4.55. The van der Waals surface area contributed by atoms with E-state index in [4.69, 9.17) is 5.11 Å². The van der Waals surface area contributed by atoms with Crippen LogP contribution in [0.5, 0.6) is 0 Å². The summed E-state index contributed by atoms with van der Waals surface area (Å²) in [5, 5.41) is 9.07. The molecule has 110 valence electrons. The van der Waals surface area contributed by atoms with Gasteiger partial charge in [0.2, 0.25) is 5.95 Å². The summed E-state index contributed by atoms with van der Waals surface area (Å²) in [7, 11) is 1.66. The van der Waals surface area contributed by atoms with Gasteiger partial charge in [0, 0.05) is 25.8 Å². The third kappa shape index (κ3) is 2.98. The second kappa shape index (κ2) is 5.23. The van der Waals surface area contributed by atoms with Crippen molar-refractivity contribution in [2.24, 2.45) is 0 Å². The van der Waals surface area contributed by atoms with Crippen LogP contribution in [0.3, 0.4) is 0 Å². The van der Waals surface area contributed by atoms with E-state index in [1.54, 1.807) is 11.9 Å². The number of nitrogens with zero attached hydrogens (tertiary/aromatic N) is 4. The third-order valence-electron chi connectivity index (χ3n) is 3.15. The average molecular weight is 290 g/mol. The maximum atomic E-state index is 12.6. The Bertz CT molecular complexity index is 509. The Morgan fingerprint density at radius 3 is 2.75 bits per heavy atom. The maximum Gasteiger partial charge on any atom is 0.433 e. The van der Waals surface area contributed by atoms with Gasteiger partial charge in [-0.3, -0.25) is 9.69 Å². The van der Waals surface area contributed by atoms with Crippen molar-refractivity contribution < 1.29 is 23.1 Å². The quantitative estimate of drug-likeness (QED) is 0.864. The SMILES string of the molecule is CN1CCN(c2nccc(C(F)(F)F)n2)CC1C(=O)O. The van der Waals surface area contributed by atoms with Gasteiger partial charge in [-0.2, -0.15) is 13.2 Å². The summed E-state index contributed by atoms with van der Waals surface area (Å²) < 4.78 is 37.8. The van der Waals surface area contributed by atoms with Crippen LogP contribution in [0.1, 0.15) is 5.69 Å². The molecular weight excluding hydrogens is 277 g/mol. The molecule has 1 aliphatic rings. The molecule has 0 aliphatic carbocycles. The number of carbonyl (C=O) groups is 1. The first-order valence-corrected chi connectivity index (χ1v) is 5.87. The van der Waals surface area contributed by atoms with Crippen LogP contribution in [0.4, 0.5) is 19.1 Å². The van der Waals surface area contributed by atoms with Crippen molar-refractivity contribution in [1.29, 1.82) is 0 Å². The Kier molecular flexibility index (Phi) is 3.80. The van der Waals surface area contributed by atoms with Gasteiger partial charge in [-0.15, -0.1) is 0 Å². The molecule has 1 N–H and O–H groups in total. The van der Waals surface area contributed by atoms with Gasteiger partial charge in [-0.1, -0.05) is 0 Å². The number of aromatic nitrogens is 2. The van der Waals surface area contributed by atoms with E-state index >= 15 is 0 Å².